The van der Waals surface area contributed by atoms with Gasteiger partial charge in [-0.05, 0) is 31.7 Å². The van der Waals surface area contributed by atoms with E-state index in [0.717, 1.165) is 23.9 Å². The molecule has 4 unspecified atom stereocenters. The van der Waals surface area contributed by atoms with E-state index in [1.165, 1.54) is 25.7 Å². The van der Waals surface area contributed by atoms with Crippen LogP contribution in [-0.2, 0) is 0 Å². The Hall–Kier alpha value is -0.0400. The molecule has 2 saturated carbocycles. The smallest absolute Gasteiger partial charge is 0.0254 e. The molecular weight excluding hydrogens is 170 g/mol. The van der Waals surface area contributed by atoms with Crippen molar-refractivity contribution in [1.82, 2.24) is 4.90 Å². The molecule has 0 radical (unpaired) electrons. The van der Waals surface area contributed by atoms with Crippen LogP contribution < -0.4 is 0 Å². The third-order valence-electron chi connectivity index (χ3n) is 4.56. The maximum absolute atomic E-state index is 2.60. The Morgan fingerprint density at radius 1 is 0.857 bits per heavy atom. The largest absolute Gasteiger partial charge is 0.297 e. The molecule has 0 bridgehead atoms. The highest BCUT2D eigenvalue weighted by Crippen LogP contribution is 2.49. The van der Waals surface area contributed by atoms with Crippen molar-refractivity contribution in [2.24, 2.45) is 11.8 Å². The van der Waals surface area contributed by atoms with Crippen molar-refractivity contribution in [3.63, 3.8) is 0 Å². The van der Waals surface area contributed by atoms with E-state index >= 15 is 0 Å². The maximum Gasteiger partial charge on any atom is 0.0254 e. The summed E-state index contributed by atoms with van der Waals surface area (Å²) >= 11 is 0. The van der Waals surface area contributed by atoms with Crippen molar-refractivity contribution >= 4 is 0 Å². The van der Waals surface area contributed by atoms with Gasteiger partial charge in [0.1, 0.15) is 0 Å². The summed E-state index contributed by atoms with van der Waals surface area (Å²) < 4.78 is 0. The molecule has 3 fully saturated rings. The average Bonchev–Trinajstić information content (AvgIpc) is 2.89. The summed E-state index contributed by atoms with van der Waals surface area (Å²) in [6.07, 6.45) is 9.19. The Labute approximate surface area is 88.9 Å². The molecule has 1 heterocycles. The number of hydrogen-bond donors (Lipinski definition) is 0. The van der Waals surface area contributed by atoms with Crippen LogP contribution in [0.5, 0.6) is 0 Å². The molecule has 82 valence electrons. The van der Waals surface area contributed by atoms with E-state index in [-0.39, 0.29) is 0 Å². The first-order valence-corrected chi connectivity index (χ1v) is 6.58. The third-order valence-corrected chi connectivity index (χ3v) is 4.56. The number of likely N-dealkylation sites (tertiary alicyclic amines) is 1. The lowest BCUT2D eigenvalue weighted by molar-refractivity contribution is 0.190. The molecule has 0 aromatic heterocycles. The fourth-order valence-electron chi connectivity index (χ4n) is 3.65. The van der Waals surface area contributed by atoms with Crippen molar-refractivity contribution in [1.29, 1.82) is 0 Å². The van der Waals surface area contributed by atoms with Crippen LogP contribution in [0.15, 0.2) is 0 Å². The molecule has 4 atom stereocenters. The van der Waals surface area contributed by atoms with Crippen molar-refractivity contribution in [3.05, 3.63) is 0 Å². The van der Waals surface area contributed by atoms with Gasteiger partial charge in [0.15, 0.2) is 0 Å². The van der Waals surface area contributed by atoms with Crippen molar-refractivity contribution in [2.75, 3.05) is 7.05 Å². The molecule has 1 aliphatic heterocycles. The van der Waals surface area contributed by atoms with Crippen molar-refractivity contribution in [2.45, 2.75) is 64.5 Å². The number of nitrogens with zero attached hydrogens (tertiary/aromatic N) is 1. The number of fused-ring (bicyclic) bond motifs is 2. The summed E-state index contributed by atoms with van der Waals surface area (Å²) in [6.45, 7) is 4.00. The fourth-order valence-corrected chi connectivity index (χ4v) is 3.65. The fraction of sp³-hybridized carbons (Fsp3) is 1.00. The van der Waals surface area contributed by atoms with E-state index in [4.69, 9.17) is 0 Å². The van der Waals surface area contributed by atoms with Gasteiger partial charge in [0.05, 0.1) is 0 Å². The van der Waals surface area contributed by atoms with Gasteiger partial charge in [0.2, 0.25) is 0 Å². The van der Waals surface area contributed by atoms with Gasteiger partial charge in [-0.2, -0.15) is 0 Å². The zero-order chi connectivity index (χ0) is 10.1. The van der Waals surface area contributed by atoms with E-state index in [9.17, 15) is 0 Å². The summed E-state index contributed by atoms with van der Waals surface area (Å²) in [5, 5.41) is 0. The second-order valence-electron chi connectivity index (χ2n) is 5.08. The molecule has 0 amide bonds. The molecular formula is C13H25N. The number of rotatable bonds is 0. The summed E-state index contributed by atoms with van der Waals surface area (Å²) in [6, 6.07) is 2.01. The predicted molar refractivity (Wildman–Crippen MR) is 61.4 cm³/mol. The highest BCUT2D eigenvalue weighted by Gasteiger charge is 2.51. The van der Waals surface area contributed by atoms with Crippen LogP contribution in [0.25, 0.3) is 0 Å². The van der Waals surface area contributed by atoms with Gasteiger partial charge in [0, 0.05) is 12.1 Å². The van der Waals surface area contributed by atoms with Gasteiger partial charge in [-0.15, -0.1) is 0 Å². The Bertz CT molecular complexity index is 170. The zero-order valence-corrected chi connectivity index (χ0v) is 10.00. The molecule has 0 spiro atoms. The minimum absolute atomic E-state index is 1.00. The second kappa shape index (κ2) is 4.22. The summed E-state index contributed by atoms with van der Waals surface area (Å²) in [5.41, 5.74) is 0. The first-order chi connectivity index (χ1) is 6.86. The van der Waals surface area contributed by atoms with Crippen LogP contribution in [0.1, 0.15) is 52.4 Å². The average molecular weight is 195 g/mol. The van der Waals surface area contributed by atoms with Crippen LogP contribution in [0.2, 0.25) is 0 Å². The second-order valence-corrected chi connectivity index (χ2v) is 5.08. The first-order valence-electron chi connectivity index (χ1n) is 6.58. The third kappa shape index (κ3) is 1.71. The molecule has 14 heavy (non-hydrogen) atoms. The zero-order valence-electron chi connectivity index (χ0n) is 10.00. The lowest BCUT2D eigenvalue weighted by Gasteiger charge is -2.34. The molecule has 3 aliphatic rings. The SMILES string of the molecule is CC.CN1C2CC3CCCCC3CC21. The first kappa shape index (κ1) is 10.5. The number of likely N-dealkylation sites (N-methyl/N-ethyl adjacent to an activating group) is 1. The van der Waals surface area contributed by atoms with Crippen molar-refractivity contribution in [3.8, 4) is 0 Å². The van der Waals surface area contributed by atoms with E-state index in [2.05, 4.69) is 11.9 Å². The van der Waals surface area contributed by atoms with Crippen LogP contribution in [0, 0.1) is 11.8 Å². The van der Waals surface area contributed by atoms with E-state index in [1.54, 1.807) is 12.8 Å². The molecule has 0 aromatic carbocycles. The van der Waals surface area contributed by atoms with Crippen LogP contribution >= 0.6 is 0 Å². The molecule has 0 aromatic rings. The van der Waals surface area contributed by atoms with E-state index in [1.807, 2.05) is 13.8 Å². The van der Waals surface area contributed by atoms with Crippen LogP contribution in [-0.4, -0.2) is 24.0 Å². The molecule has 0 N–H and O–H groups in total. The Morgan fingerprint density at radius 2 is 1.29 bits per heavy atom. The summed E-state index contributed by atoms with van der Waals surface area (Å²) in [5.74, 6) is 2.23. The Morgan fingerprint density at radius 3 is 1.71 bits per heavy atom. The summed E-state index contributed by atoms with van der Waals surface area (Å²) in [7, 11) is 2.31. The lowest BCUT2D eigenvalue weighted by Crippen LogP contribution is -2.27. The molecule has 1 saturated heterocycles. The Balaban J connectivity index is 0.000000354. The standard InChI is InChI=1S/C11H19N.C2H6/c1-12-10-6-8-4-2-3-5-9(8)7-11(10)12;1-2/h8-11H,2-7H2,1H3;1-2H3. The highest BCUT2D eigenvalue weighted by atomic mass is 15.3. The molecule has 1 nitrogen and oxygen atoms in total. The molecule has 1 heteroatoms. The normalized spacial score (nSPS) is 49.5. The number of hydrogen-bond acceptors (Lipinski definition) is 1. The molecule has 3 rings (SSSR count). The minimum Gasteiger partial charge on any atom is -0.297 e. The van der Waals surface area contributed by atoms with Gasteiger partial charge in [-0.1, -0.05) is 39.5 Å². The summed E-state index contributed by atoms with van der Waals surface area (Å²) in [4.78, 5) is 2.60. The predicted octanol–water partition coefficient (Wildman–Crippen LogP) is 3.30. The lowest BCUT2D eigenvalue weighted by atomic mass is 9.71. The van der Waals surface area contributed by atoms with Crippen LogP contribution in [0.4, 0.5) is 0 Å². The highest BCUT2D eigenvalue weighted by molar-refractivity contribution is 5.06. The Kier molecular flexibility index (Phi) is 3.16. The monoisotopic (exact) mass is 195 g/mol. The van der Waals surface area contributed by atoms with E-state index in [0.29, 0.717) is 0 Å². The van der Waals surface area contributed by atoms with Gasteiger partial charge in [-0.3, -0.25) is 4.90 Å². The maximum atomic E-state index is 2.60. The van der Waals surface area contributed by atoms with Gasteiger partial charge >= 0.3 is 0 Å². The molecule has 2 aliphatic carbocycles. The van der Waals surface area contributed by atoms with Gasteiger partial charge in [0.25, 0.3) is 0 Å². The van der Waals surface area contributed by atoms with E-state index < -0.39 is 0 Å². The van der Waals surface area contributed by atoms with Gasteiger partial charge in [-0.25, -0.2) is 0 Å². The van der Waals surface area contributed by atoms with Gasteiger partial charge < -0.3 is 0 Å². The topological polar surface area (TPSA) is 3.01 Å². The van der Waals surface area contributed by atoms with Crippen LogP contribution in [0.3, 0.4) is 0 Å². The van der Waals surface area contributed by atoms with Crippen molar-refractivity contribution < 1.29 is 0 Å². The minimum atomic E-state index is 1.00. The quantitative estimate of drug-likeness (QED) is 0.536.